The molecule has 1 aromatic rings. The minimum Gasteiger partial charge on any atom is -0.448 e. The second-order valence-corrected chi connectivity index (χ2v) is 3.63. The monoisotopic (exact) mass is 182 g/mol. The van der Waals surface area contributed by atoms with Crippen LogP contribution in [0, 0.1) is 6.92 Å². The first-order valence-electron chi connectivity index (χ1n) is 4.34. The molecule has 1 aliphatic rings. The number of hydrogen-bond acceptors (Lipinski definition) is 4. The Labute approximate surface area is 76.9 Å². The number of rotatable bonds is 0. The van der Waals surface area contributed by atoms with Crippen LogP contribution in [0.15, 0.2) is 10.7 Å². The Kier molecular flexibility index (Phi) is 1.82. The predicted octanol–water partition coefficient (Wildman–Crippen LogP) is 0.399. The van der Waals surface area contributed by atoms with E-state index >= 15 is 0 Å². The van der Waals surface area contributed by atoms with Crippen molar-refractivity contribution in [1.82, 2.24) is 0 Å². The maximum atomic E-state index is 9.81. The van der Waals surface area contributed by atoms with E-state index in [1.54, 1.807) is 6.26 Å². The molecule has 0 spiro atoms. The molecule has 0 saturated heterocycles. The SMILES string of the molecule is Cc1coc2c1C(O)C(N)CN2C. The molecule has 1 aromatic heterocycles. The lowest BCUT2D eigenvalue weighted by molar-refractivity contribution is 0.141. The van der Waals surface area contributed by atoms with Gasteiger partial charge in [-0.3, -0.25) is 0 Å². The van der Waals surface area contributed by atoms with Crippen molar-refractivity contribution in [2.45, 2.75) is 19.1 Å². The summed E-state index contributed by atoms with van der Waals surface area (Å²) in [6.45, 7) is 2.54. The van der Waals surface area contributed by atoms with Gasteiger partial charge in [0.1, 0.15) is 6.10 Å². The smallest absolute Gasteiger partial charge is 0.201 e. The third kappa shape index (κ3) is 1.14. The van der Waals surface area contributed by atoms with Gasteiger partial charge in [0.2, 0.25) is 5.88 Å². The summed E-state index contributed by atoms with van der Waals surface area (Å²) >= 11 is 0. The summed E-state index contributed by atoms with van der Waals surface area (Å²) in [5.74, 6) is 0.742. The fourth-order valence-corrected chi connectivity index (χ4v) is 1.81. The lowest BCUT2D eigenvalue weighted by atomic mass is 9.97. The fraction of sp³-hybridized carbons (Fsp3) is 0.556. The van der Waals surface area contributed by atoms with Gasteiger partial charge in [-0.1, -0.05) is 0 Å². The van der Waals surface area contributed by atoms with Gasteiger partial charge in [0.05, 0.1) is 12.3 Å². The van der Waals surface area contributed by atoms with Gasteiger partial charge < -0.3 is 20.2 Å². The molecule has 2 rings (SSSR count). The molecule has 0 amide bonds. The molecule has 4 nitrogen and oxygen atoms in total. The number of aryl methyl sites for hydroxylation is 1. The number of nitrogens with two attached hydrogens (primary N) is 1. The molecule has 2 heterocycles. The highest BCUT2D eigenvalue weighted by atomic mass is 16.4. The summed E-state index contributed by atoms with van der Waals surface area (Å²) in [7, 11) is 1.91. The van der Waals surface area contributed by atoms with Gasteiger partial charge in [-0.05, 0) is 12.5 Å². The summed E-state index contributed by atoms with van der Waals surface area (Å²) < 4.78 is 5.33. The molecule has 4 heteroatoms. The van der Waals surface area contributed by atoms with E-state index < -0.39 is 6.10 Å². The van der Waals surface area contributed by atoms with Crippen molar-refractivity contribution in [3.63, 3.8) is 0 Å². The van der Waals surface area contributed by atoms with Crippen LogP contribution in [0.1, 0.15) is 17.2 Å². The molecule has 2 atom stereocenters. The van der Waals surface area contributed by atoms with E-state index in [9.17, 15) is 5.11 Å². The highest BCUT2D eigenvalue weighted by Crippen LogP contribution is 2.35. The largest absolute Gasteiger partial charge is 0.448 e. The van der Waals surface area contributed by atoms with E-state index in [4.69, 9.17) is 10.2 Å². The van der Waals surface area contributed by atoms with Crippen LogP contribution in [0.25, 0.3) is 0 Å². The minimum atomic E-state index is -0.593. The Morgan fingerprint density at radius 3 is 3.08 bits per heavy atom. The lowest BCUT2D eigenvalue weighted by Gasteiger charge is -2.31. The van der Waals surface area contributed by atoms with Crippen LogP contribution in [0.3, 0.4) is 0 Å². The molecule has 0 bridgehead atoms. The van der Waals surface area contributed by atoms with E-state index in [-0.39, 0.29) is 6.04 Å². The zero-order chi connectivity index (χ0) is 9.59. The standard InChI is InChI=1S/C9H14N2O2/c1-5-4-13-9-7(5)8(12)6(10)3-11(9)2/h4,6,8,12H,3,10H2,1-2H3. The average molecular weight is 182 g/mol. The fourth-order valence-electron chi connectivity index (χ4n) is 1.81. The number of nitrogens with zero attached hydrogens (tertiary/aromatic N) is 1. The summed E-state index contributed by atoms with van der Waals surface area (Å²) in [6.07, 6.45) is 1.06. The van der Waals surface area contributed by atoms with Crippen LogP contribution in [-0.2, 0) is 0 Å². The highest BCUT2D eigenvalue weighted by molar-refractivity contribution is 5.52. The number of hydrogen-bond donors (Lipinski definition) is 2. The molecule has 13 heavy (non-hydrogen) atoms. The van der Waals surface area contributed by atoms with Crippen LogP contribution in [0.5, 0.6) is 0 Å². The third-order valence-electron chi connectivity index (χ3n) is 2.54. The number of furan rings is 1. The minimum absolute atomic E-state index is 0.228. The molecule has 0 saturated carbocycles. The molecular weight excluding hydrogens is 168 g/mol. The molecule has 1 aliphatic heterocycles. The van der Waals surface area contributed by atoms with Gasteiger partial charge in [0, 0.05) is 19.2 Å². The van der Waals surface area contributed by atoms with Crippen molar-refractivity contribution in [3.05, 3.63) is 17.4 Å². The average Bonchev–Trinajstić information content (AvgIpc) is 2.44. The van der Waals surface area contributed by atoms with E-state index in [0.29, 0.717) is 6.54 Å². The van der Waals surface area contributed by atoms with Crippen molar-refractivity contribution in [3.8, 4) is 0 Å². The maximum absolute atomic E-state index is 9.81. The zero-order valence-electron chi connectivity index (χ0n) is 7.82. The van der Waals surface area contributed by atoms with Crippen molar-refractivity contribution >= 4 is 5.88 Å². The molecule has 0 radical (unpaired) electrons. The first kappa shape index (κ1) is 8.59. The Bertz CT molecular complexity index is 321. The van der Waals surface area contributed by atoms with Gasteiger partial charge >= 0.3 is 0 Å². The number of fused-ring (bicyclic) bond motifs is 1. The quantitative estimate of drug-likeness (QED) is 0.609. The Morgan fingerprint density at radius 1 is 1.69 bits per heavy atom. The van der Waals surface area contributed by atoms with Crippen LogP contribution in [0.4, 0.5) is 5.88 Å². The Morgan fingerprint density at radius 2 is 2.38 bits per heavy atom. The summed E-state index contributed by atoms with van der Waals surface area (Å²) in [5.41, 5.74) is 7.58. The van der Waals surface area contributed by atoms with Crippen LogP contribution in [0.2, 0.25) is 0 Å². The molecule has 72 valence electrons. The van der Waals surface area contributed by atoms with Crippen molar-refractivity contribution < 1.29 is 9.52 Å². The normalized spacial score (nSPS) is 27.5. The van der Waals surface area contributed by atoms with E-state index in [0.717, 1.165) is 17.0 Å². The Hall–Kier alpha value is -1.00. The zero-order valence-corrected chi connectivity index (χ0v) is 7.82. The van der Waals surface area contributed by atoms with Crippen molar-refractivity contribution in [2.24, 2.45) is 5.73 Å². The van der Waals surface area contributed by atoms with E-state index in [1.165, 1.54) is 0 Å². The van der Waals surface area contributed by atoms with Gasteiger partial charge in [-0.25, -0.2) is 0 Å². The van der Waals surface area contributed by atoms with E-state index in [1.807, 2.05) is 18.9 Å². The number of anilines is 1. The van der Waals surface area contributed by atoms with Crippen molar-refractivity contribution in [2.75, 3.05) is 18.5 Å². The number of aliphatic hydroxyl groups is 1. The van der Waals surface area contributed by atoms with Crippen LogP contribution in [-0.4, -0.2) is 24.7 Å². The summed E-state index contributed by atoms with van der Waals surface area (Å²) in [5, 5.41) is 9.81. The highest BCUT2D eigenvalue weighted by Gasteiger charge is 2.32. The van der Waals surface area contributed by atoms with Crippen LogP contribution < -0.4 is 10.6 Å². The molecule has 2 unspecified atom stereocenters. The van der Waals surface area contributed by atoms with E-state index in [2.05, 4.69) is 0 Å². The Balaban J connectivity index is 2.50. The molecule has 3 N–H and O–H groups in total. The topological polar surface area (TPSA) is 62.6 Å². The molecular formula is C9H14N2O2. The summed E-state index contributed by atoms with van der Waals surface area (Å²) in [4.78, 5) is 1.93. The lowest BCUT2D eigenvalue weighted by Crippen LogP contribution is -2.44. The first-order chi connectivity index (χ1) is 6.11. The molecule has 0 aromatic carbocycles. The maximum Gasteiger partial charge on any atom is 0.201 e. The number of likely N-dealkylation sites (N-methyl/N-ethyl adjacent to an activating group) is 1. The van der Waals surface area contributed by atoms with Gasteiger partial charge in [-0.15, -0.1) is 0 Å². The molecule has 0 aliphatic carbocycles. The summed E-state index contributed by atoms with van der Waals surface area (Å²) in [6, 6.07) is -0.228. The first-order valence-corrected chi connectivity index (χ1v) is 4.34. The van der Waals surface area contributed by atoms with Gasteiger partial charge in [0.15, 0.2) is 0 Å². The second-order valence-electron chi connectivity index (χ2n) is 3.63. The van der Waals surface area contributed by atoms with Gasteiger partial charge in [0.25, 0.3) is 0 Å². The molecule has 0 fully saturated rings. The van der Waals surface area contributed by atoms with Crippen LogP contribution >= 0.6 is 0 Å². The predicted molar refractivity (Wildman–Crippen MR) is 49.7 cm³/mol. The number of aliphatic hydroxyl groups excluding tert-OH is 1. The van der Waals surface area contributed by atoms with Gasteiger partial charge in [-0.2, -0.15) is 0 Å². The second kappa shape index (κ2) is 2.75. The van der Waals surface area contributed by atoms with Crippen molar-refractivity contribution in [1.29, 1.82) is 0 Å². The third-order valence-corrected chi connectivity index (χ3v) is 2.54.